The quantitative estimate of drug-likeness (QED) is 0.486. The summed E-state index contributed by atoms with van der Waals surface area (Å²) in [4.78, 5) is 22.8. The fourth-order valence-corrected chi connectivity index (χ4v) is 1.56. The highest BCUT2D eigenvalue weighted by molar-refractivity contribution is 5.42. The molecule has 0 radical (unpaired) electrons. The highest BCUT2D eigenvalue weighted by atomic mass is 16.5. The van der Waals surface area contributed by atoms with Gasteiger partial charge >= 0.3 is 0 Å². The number of nitrogens with zero attached hydrogens (tertiary/aromatic N) is 2. The normalized spacial score (nSPS) is 25.0. The molecule has 3 aliphatic heterocycles. The van der Waals surface area contributed by atoms with Crippen molar-refractivity contribution in [1.82, 2.24) is 9.80 Å². The first-order valence-corrected chi connectivity index (χ1v) is 5.08. The molecule has 0 unspecified atom stereocenters. The van der Waals surface area contributed by atoms with Crippen LogP contribution in [0.3, 0.4) is 0 Å². The van der Waals surface area contributed by atoms with Crippen molar-refractivity contribution >= 4 is 12.9 Å². The molecule has 6 nitrogen and oxygen atoms in total. The molecule has 0 aromatic rings. The molecule has 0 aromatic carbocycles. The number of rotatable bonds is 2. The number of piperazine rings is 3. The summed E-state index contributed by atoms with van der Waals surface area (Å²) >= 11 is 0. The van der Waals surface area contributed by atoms with E-state index in [4.69, 9.17) is 9.59 Å². The second-order valence-corrected chi connectivity index (χ2v) is 3.22. The summed E-state index contributed by atoms with van der Waals surface area (Å²) in [6, 6.07) is 0. The van der Waals surface area contributed by atoms with Gasteiger partial charge in [0.2, 0.25) is 6.41 Å². The lowest BCUT2D eigenvalue weighted by Gasteiger charge is -2.41. The van der Waals surface area contributed by atoms with Crippen molar-refractivity contribution in [2.24, 2.45) is 5.73 Å². The predicted octanol–water partition coefficient (Wildman–Crippen LogP) is -0.978. The van der Waals surface area contributed by atoms with Crippen LogP contribution in [0.2, 0.25) is 0 Å². The molecule has 0 saturated carbocycles. The SMILES string of the molecule is C1CN2CCN1CC2.C=COC=O.NC=O. The fraction of sp³-hybridized carbons (Fsp3) is 0.600. The second-order valence-electron chi connectivity index (χ2n) is 3.22. The Morgan fingerprint density at radius 1 is 1.00 bits per heavy atom. The van der Waals surface area contributed by atoms with E-state index in [-0.39, 0.29) is 6.41 Å². The molecular formula is C10H19N3O3. The highest BCUT2D eigenvalue weighted by Crippen LogP contribution is 2.06. The van der Waals surface area contributed by atoms with E-state index in [0.717, 1.165) is 6.26 Å². The van der Waals surface area contributed by atoms with Crippen molar-refractivity contribution in [3.05, 3.63) is 12.8 Å². The molecule has 3 saturated heterocycles. The van der Waals surface area contributed by atoms with Crippen molar-refractivity contribution in [1.29, 1.82) is 0 Å². The summed E-state index contributed by atoms with van der Waals surface area (Å²) in [7, 11) is 0. The van der Waals surface area contributed by atoms with Gasteiger partial charge in [0.1, 0.15) is 0 Å². The van der Waals surface area contributed by atoms with Crippen molar-refractivity contribution in [2.75, 3.05) is 39.3 Å². The average molecular weight is 229 g/mol. The third-order valence-electron chi connectivity index (χ3n) is 2.35. The van der Waals surface area contributed by atoms with E-state index in [2.05, 4.69) is 26.8 Å². The largest absolute Gasteiger partial charge is 0.437 e. The summed E-state index contributed by atoms with van der Waals surface area (Å²) in [5.74, 6) is 0. The molecule has 92 valence electrons. The van der Waals surface area contributed by atoms with Gasteiger partial charge in [0.25, 0.3) is 6.47 Å². The van der Waals surface area contributed by atoms with E-state index in [9.17, 15) is 0 Å². The van der Waals surface area contributed by atoms with Crippen LogP contribution in [-0.2, 0) is 14.3 Å². The van der Waals surface area contributed by atoms with Crippen LogP contribution in [0.15, 0.2) is 12.8 Å². The molecule has 3 fully saturated rings. The molecule has 2 bridgehead atoms. The van der Waals surface area contributed by atoms with E-state index in [1.165, 1.54) is 39.3 Å². The summed E-state index contributed by atoms with van der Waals surface area (Å²) in [5, 5.41) is 0. The molecule has 6 heteroatoms. The van der Waals surface area contributed by atoms with Crippen LogP contribution in [0.4, 0.5) is 0 Å². The third-order valence-corrected chi connectivity index (χ3v) is 2.35. The van der Waals surface area contributed by atoms with Gasteiger partial charge in [-0.2, -0.15) is 0 Å². The first-order valence-electron chi connectivity index (χ1n) is 5.08. The molecule has 0 spiro atoms. The fourth-order valence-electron chi connectivity index (χ4n) is 1.56. The van der Waals surface area contributed by atoms with Gasteiger partial charge in [0, 0.05) is 39.3 Å². The Morgan fingerprint density at radius 3 is 1.38 bits per heavy atom. The molecule has 2 N–H and O–H groups in total. The number of nitrogens with two attached hydrogens (primary N) is 1. The summed E-state index contributed by atoms with van der Waals surface area (Å²) < 4.78 is 3.92. The Bertz CT molecular complexity index is 174. The Morgan fingerprint density at radius 2 is 1.31 bits per heavy atom. The van der Waals surface area contributed by atoms with E-state index < -0.39 is 0 Å². The molecule has 0 aliphatic carbocycles. The highest BCUT2D eigenvalue weighted by Gasteiger charge is 2.21. The minimum absolute atomic E-state index is 0.250. The zero-order chi connectivity index (χ0) is 12.2. The Balaban J connectivity index is 0.000000246. The lowest BCUT2D eigenvalue weighted by molar-refractivity contribution is -0.123. The maximum atomic E-state index is 9.11. The van der Waals surface area contributed by atoms with E-state index >= 15 is 0 Å². The Kier molecular flexibility index (Phi) is 9.24. The average Bonchev–Trinajstić information content (AvgIpc) is 2.34. The zero-order valence-corrected chi connectivity index (χ0v) is 9.38. The molecule has 0 aromatic heterocycles. The van der Waals surface area contributed by atoms with Crippen LogP contribution in [-0.4, -0.2) is 62.0 Å². The smallest absolute Gasteiger partial charge is 0.297 e. The molecule has 16 heavy (non-hydrogen) atoms. The van der Waals surface area contributed by atoms with Gasteiger partial charge in [0.15, 0.2) is 0 Å². The van der Waals surface area contributed by atoms with Crippen molar-refractivity contribution in [3.63, 3.8) is 0 Å². The lowest BCUT2D eigenvalue weighted by Crippen LogP contribution is -2.55. The number of carbonyl (C=O) groups is 2. The van der Waals surface area contributed by atoms with Gasteiger partial charge in [-0.3, -0.25) is 19.4 Å². The Labute approximate surface area is 95.6 Å². The second kappa shape index (κ2) is 10.1. The summed E-state index contributed by atoms with van der Waals surface area (Å²) in [6.45, 7) is 11.3. The van der Waals surface area contributed by atoms with Crippen LogP contribution in [0.25, 0.3) is 0 Å². The number of primary amides is 1. The molecule has 3 aliphatic rings. The molecule has 3 heterocycles. The number of ether oxygens (including phenoxy) is 1. The van der Waals surface area contributed by atoms with Gasteiger partial charge in [-0.05, 0) is 0 Å². The van der Waals surface area contributed by atoms with Crippen LogP contribution in [0, 0.1) is 0 Å². The molecular weight excluding hydrogens is 210 g/mol. The zero-order valence-electron chi connectivity index (χ0n) is 9.38. The standard InChI is InChI=1S/C6H12N2.C3H4O2.CH3NO/c1-2-8-5-3-7(1)4-6-8;1-2-5-3-4;2-1-3/h1-6H2;2-3H,1H2;1H,(H2,2,3). The van der Waals surface area contributed by atoms with Crippen LogP contribution in [0.5, 0.6) is 0 Å². The number of amides is 1. The number of hydrogen-bond donors (Lipinski definition) is 1. The maximum Gasteiger partial charge on any atom is 0.297 e. The van der Waals surface area contributed by atoms with Gasteiger partial charge in [-0.15, -0.1) is 0 Å². The van der Waals surface area contributed by atoms with Crippen LogP contribution < -0.4 is 5.73 Å². The minimum Gasteiger partial charge on any atom is -0.437 e. The molecule has 1 amide bonds. The van der Waals surface area contributed by atoms with Crippen LogP contribution >= 0.6 is 0 Å². The first-order chi connectivity index (χ1) is 7.78. The Hall–Kier alpha value is -1.40. The topological polar surface area (TPSA) is 75.9 Å². The lowest BCUT2D eigenvalue weighted by atomic mass is 10.2. The number of fused-ring (bicyclic) bond motifs is 3. The van der Waals surface area contributed by atoms with Gasteiger partial charge < -0.3 is 10.5 Å². The minimum atomic E-state index is 0.250. The van der Waals surface area contributed by atoms with Gasteiger partial charge in [-0.1, -0.05) is 6.58 Å². The monoisotopic (exact) mass is 229 g/mol. The molecule has 0 atom stereocenters. The third kappa shape index (κ3) is 6.97. The number of carbonyl (C=O) groups excluding carboxylic acids is 2. The van der Waals surface area contributed by atoms with Gasteiger partial charge in [0.05, 0.1) is 6.26 Å². The van der Waals surface area contributed by atoms with E-state index in [1.54, 1.807) is 0 Å². The van der Waals surface area contributed by atoms with Crippen molar-refractivity contribution in [2.45, 2.75) is 0 Å². The first kappa shape index (κ1) is 14.6. The summed E-state index contributed by atoms with van der Waals surface area (Å²) in [5.41, 5.74) is 4.17. The van der Waals surface area contributed by atoms with Crippen molar-refractivity contribution < 1.29 is 14.3 Å². The number of hydrogen-bond acceptors (Lipinski definition) is 5. The molecule has 3 rings (SSSR count). The predicted molar refractivity (Wildman–Crippen MR) is 60.5 cm³/mol. The van der Waals surface area contributed by atoms with Crippen LogP contribution in [0.1, 0.15) is 0 Å². The summed E-state index contributed by atoms with van der Waals surface area (Å²) in [6.07, 6.45) is 1.31. The van der Waals surface area contributed by atoms with Crippen molar-refractivity contribution in [3.8, 4) is 0 Å². The van der Waals surface area contributed by atoms with Gasteiger partial charge in [-0.25, -0.2) is 0 Å². The van der Waals surface area contributed by atoms with E-state index in [0.29, 0.717) is 6.47 Å². The van der Waals surface area contributed by atoms with E-state index in [1.807, 2.05) is 0 Å². The maximum absolute atomic E-state index is 9.11.